The third-order valence-electron chi connectivity index (χ3n) is 4.89. The Balaban J connectivity index is 1.87. The van der Waals surface area contributed by atoms with E-state index in [-0.39, 0.29) is 21.9 Å². The molecule has 0 saturated carbocycles. The number of benzene rings is 2. The van der Waals surface area contributed by atoms with Crippen molar-refractivity contribution in [3.05, 3.63) is 44.4 Å². The molecule has 1 aliphatic rings. The molecular formula is C18H17Cl2N5O3. The number of aromatic nitrogens is 2. The van der Waals surface area contributed by atoms with Crippen molar-refractivity contribution in [2.24, 2.45) is 5.92 Å². The van der Waals surface area contributed by atoms with Crippen LogP contribution in [0.25, 0.3) is 11.0 Å². The van der Waals surface area contributed by atoms with Crippen LogP contribution in [0.15, 0.2) is 28.9 Å². The molecule has 1 aromatic heterocycles. The van der Waals surface area contributed by atoms with E-state index in [9.17, 15) is 10.1 Å². The molecule has 0 spiro atoms. The summed E-state index contributed by atoms with van der Waals surface area (Å²) in [6.45, 7) is 3.85. The molecule has 0 amide bonds. The zero-order chi connectivity index (χ0) is 19.8. The van der Waals surface area contributed by atoms with Crippen LogP contribution in [0.2, 0.25) is 10.0 Å². The van der Waals surface area contributed by atoms with Gasteiger partial charge in [0.05, 0.1) is 26.3 Å². The highest BCUT2D eigenvalue weighted by molar-refractivity contribution is 6.43. The lowest BCUT2D eigenvalue weighted by Gasteiger charge is -2.32. The Morgan fingerprint density at radius 2 is 2.07 bits per heavy atom. The third-order valence-corrected chi connectivity index (χ3v) is 5.71. The summed E-state index contributed by atoms with van der Waals surface area (Å²) in [7, 11) is 0. The number of anilines is 3. The first kappa shape index (κ1) is 18.8. The van der Waals surface area contributed by atoms with Crippen LogP contribution in [0.5, 0.6) is 0 Å². The summed E-state index contributed by atoms with van der Waals surface area (Å²) in [5, 5.41) is 23.2. The van der Waals surface area contributed by atoms with Gasteiger partial charge < -0.3 is 10.2 Å². The van der Waals surface area contributed by atoms with E-state index in [1.165, 1.54) is 0 Å². The molecule has 2 aromatic carbocycles. The van der Waals surface area contributed by atoms with Crippen LogP contribution in [0, 0.1) is 16.0 Å². The normalized spacial score (nSPS) is 17.1. The Kier molecular flexibility index (Phi) is 4.99. The Labute approximate surface area is 170 Å². The lowest BCUT2D eigenvalue weighted by Crippen LogP contribution is -2.34. The average molecular weight is 422 g/mol. The zero-order valence-corrected chi connectivity index (χ0v) is 16.5. The van der Waals surface area contributed by atoms with Gasteiger partial charge in [-0.3, -0.25) is 10.1 Å². The molecule has 10 heteroatoms. The predicted octanol–water partition coefficient (Wildman–Crippen LogP) is 5.42. The first-order valence-electron chi connectivity index (χ1n) is 8.85. The Hall–Kier alpha value is -2.58. The zero-order valence-electron chi connectivity index (χ0n) is 15.0. The molecule has 3 aromatic rings. The van der Waals surface area contributed by atoms with E-state index in [0.717, 1.165) is 31.6 Å². The average Bonchev–Trinajstić information content (AvgIpc) is 3.13. The molecule has 28 heavy (non-hydrogen) atoms. The molecule has 2 heterocycles. The van der Waals surface area contributed by atoms with Crippen LogP contribution >= 0.6 is 23.2 Å². The van der Waals surface area contributed by atoms with Crippen LogP contribution in [-0.4, -0.2) is 28.3 Å². The second kappa shape index (κ2) is 7.44. The standard InChI is InChI=1S/C18H17Cl2N5O3/c1-10-4-3-7-24(9-10)14-8-13(21-12-6-2-5-11(19)15(12)20)18(25(26)27)17-16(14)22-28-23-17/h2,5-6,8,10,21H,3-4,7,9H2,1H3/t10-/m1/s1. The maximum absolute atomic E-state index is 11.8. The molecule has 1 N–H and O–H groups in total. The van der Waals surface area contributed by atoms with Crippen LogP contribution in [0.4, 0.5) is 22.7 Å². The van der Waals surface area contributed by atoms with Gasteiger partial charge in [0.1, 0.15) is 5.69 Å². The van der Waals surface area contributed by atoms with Crippen molar-refractivity contribution in [1.82, 2.24) is 10.3 Å². The van der Waals surface area contributed by atoms with E-state index in [4.69, 9.17) is 27.8 Å². The van der Waals surface area contributed by atoms with E-state index < -0.39 is 4.92 Å². The Bertz CT molecular complexity index is 1060. The second-order valence-corrected chi connectivity index (χ2v) is 7.72. The number of nitrogens with one attached hydrogen (secondary N) is 1. The van der Waals surface area contributed by atoms with Crippen molar-refractivity contribution in [1.29, 1.82) is 0 Å². The van der Waals surface area contributed by atoms with E-state index in [1.54, 1.807) is 24.3 Å². The molecule has 0 aliphatic carbocycles. The number of halogens is 2. The van der Waals surface area contributed by atoms with Gasteiger partial charge in [0.2, 0.25) is 5.52 Å². The number of nitro benzene ring substituents is 1. The van der Waals surface area contributed by atoms with Gasteiger partial charge >= 0.3 is 5.69 Å². The lowest BCUT2D eigenvalue weighted by atomic mass is 9.99. The molecule has 1 atom stereocenters. The van der Waals surface area contributed by atoms with E-state index >= 15 is 0 Å². The summed E-state index contributed by atoms with van der Waals surface area (Å²) in [5.74, 6) is 0.512. The van der Waals surface area contributed by atoms with Crippen LogP contribution < -0.4 is 10.2 Å². The Morgan fingerprint density at radius 1 is 1.29 bits per heavy atom. The fraction of sp³-hybridized carbons (Fsp3) is 0.333. The fourth-order valence-electron chi connectivity index (χ4n) is 3.59. The van der Waals surface area contributed by atoms with Gasteiger partial charge in [-0.1, -0.05) is 36.2 Å². The molecule has 8 nitrogen and oxygen atoms in total. The van der Waals surface area contributed by atoms with Crippen LogP contribution in [0.3, 0.4) is 0 Å². The Morgan fingerprint density at radius 3 is 2.82 bits per heavy atom. The molecule has 146 valence electrons. The summed E-state index contributed by atoms with van der Waals surface area (Å²) in [4.78, 5) is 13.5. The van der Waals surface area contributed by atoms with Gasteiger partial charge in [-0.2, -0.15) is 0 Å². The molecule has 0 bridgehead atoms. The number of nitrogens with zero attached hydrogens (tertiary/aromatic N) is 4. The molecule has 4 rings (SSSR count). The second-order valence-electron chi connectivity index (χ2n) is 6.93. The fourth-order valence-corrected chi connectivity index (χ4v) is 3.94. The van der Waals surface area contributed by atoms with Crippen molar-refractivity contribution in [2.45, 2.75) is 19.8 Å². The number of nitro groups is 1. The minimum atomic E-state index is -0.504. The van der Waals surface area contributed by atoms with E-state index in [1.807, 2.05) is 0 Å². The molecule has 1 aliphatic heterocycles. The highest BCUT2D eigenvalue weighted by Crippen LogP contribution is 2.42. The maximum Gasteiger partial charge on any atom is 0.324 e. The molecule has 1 fully saturated rings. The van der Waals surface area contributed by atoms with E-state index in [2.05, 4.69) is 27.5 Å². The summed E-state index contributed by atoms with van der Waals surface area (Å²) < 4.78 is 4.86. The molecular weight excluding hydrogens is 405 g/mol. The first-order valence-corrected chi connectivity index (χ1v) is 9.61. The monoisotopic (exact) mass is 421 g/mol. The quantitative estimate of drug-likeness (QED) is 0.443. The maximum atomic E-state index is 11.8. The third kappa shape index (κ3) is 3.33. The SMILES string of the molecule is C[C@@H]1CCCN(c2cc(Nc3cccc(Cl)c3Cl)c([N+](=O)[O-])c3nonc23)C1. The molecule has 0 radical (unpaired) electrons. The highest BCUT2D eigenvalue weighted by atomic mass is 35.5. The summed E-state index contributed by atoms with van der Waals surface area (Å²) in [6.07, 6.45) is 2.18. The van der Waals surface area contributed by atoms with Gasteiger partial charge in [-0.25, -0.2) is 4.63 Å². The number of hydrogen-bond acceptors (Lipinski definition) is 7. The van der Waals surface area contributed by atoms with Gasteiger partial charge in [-0.15, -0.1) is 0 Å². The summed E-state index contributed by atoms with van der Waals surface area (Å²) in [5.41, 5.74) is 1.72. The topological polar surface area (TPSA) is 97.3 Å². The van der Waals surface area contributed by atoms with Gasteiger partial charge in [0.15, 0.2) is 5.52 Å². The van der Waals surface area contributed by atoms with Crippen molar-refractivity contribution in [2.75, 3.05) is 23.3 Å². The summed E-state index contributed by atoms with van der Waals surface area (Å²) in [6, 6.07) is 6.77. The largest absolute Gasteiger partial charge is 0.369 e. The van der Waals surface area contributed by atoms with Crippen molar-refractivity contribution in [3.63, 3.8) is 0 Å². The van der Waals surface area contributed by atoms with Crippen molar-refractivity contribution in [3.8, 4) is 0 Å². The first-order chi connectivity index (χ1) is 13.5. The van der Waals surface area contributed by atoms with Crippen molar-refractivity contribution < 1.29 is 9.55 Å². The number of fused-ring (bicyclic) bond motifs is 1. The summed E-state index contributed by atoms with van der Waals surface area (Å²) >= 11 is 12.3. The smallest absolute Gasteiger partial charge is 0.324 e. The van der Waals surface area contributed by atoms with Gasteiger partial charge in [0.25, 0.3) is 0 Å². The minimum absolute atomic E-state index is 0.0985. The predicted molar refractivity (Wildman–Crippen MR) is 109 cm³/mol. The minimum Gasteiger partial charge on any atom is -0.369 e. The number of piperidine rings is 1. The van der Waals surface area contributed by atoms with Crippen LogP contribution in [0.1, 0.15) is 19.8 Å². The van der Waals surface area contributed by atoms with Gasteiger partial charge in [-0.05, 0) is 47.3 Å². The van der Waals surface area contributed by atoms with Crippen molar-refractivity contribution >= 4 is 57.0 Å². The van der Waals surface area contributed by atoms with Crippen LogP contribution in [-0.2, 0) is 0 Å². The lowest BCUT2D eigenvalue weighted by molar-refractivity contribution is -0.382. The van der Waals surface area contributed by atoms with Gasteiger partial charge in [0, 0.05) is 13.1 Å². The number of hydrogen-bond donors (Lipinski definition) is 1. The highest BCUT2D eigenvalue weighted by Gasteiger charge is 2.29. The number of rotatable bonds is 4. The van der Waals surface area contributed by atoms with E-state index in [0.29, 0.717) is 22.1 Å². The molecule has 0 unspecified atom stereocenters. The molecule has 1 saturated heterocycles.